The molecule has 6 heteroatoms. The van der Waals surface area contributed by atoms with Gasteiger partial charge in [0.25, 0.3) is 0 Å². The lowest BCUT2D eigenvalue weighted by atomic mass is 10.2. The highest BCUT2D eigenvalue weighted by atomic mass is 16.5. The van der Waals surface area contributed by atoms with Crippen molar-refractivity contribution < 1.29 is 4.74 Å². The lowest BCUT2D eigenvalue weighted by Gasteiger charge is -2.13. The molecule has 0 bridgehead atoms. The Labute approximate surface area is 118 Å². The Balaban J connectivity index is 2.06. The van der Waals surface area contributed by atoms with Crippen LogP contribution in [0.1, 0.15) is 19.4 Å². The van der Waals surface area contributed by atoms with Crippen LogP contribution >= 0.6 is 0 Å². The first-order valence-electron chi connectivity index (χ1n) is 6.53. The van der Waals surface area contributed by atoms with E-state index in [-0.39, 0.29) is 6.10 Å². The normalized spacial score (nSPS) is 10.4. The van der Waals surface area contributed by atoms with E-state index < -0.39 is 0 Å². The lowest BCUT2D eigenvalue weighted by molar-refractivity contribution is 0.230. The summed E-state index contributed by atoms with van der Waals surface area (Å²) in [5, 5.41) is 6.21. The van der Waals surface area contributed by atoms with Gasteiger partial charge in [0.2, 0.25) is 5.88 Å². The molecular weight excluding hydrogens is 254 g/mol. The van der Waals surface area contributed by atoms with Crippen LogP contribution in [-0.4, -0.2) is 28.1 Å². The summed E-state index contributed by atoms with van der Waals surface area (Å²) in [4.78, 5) is 12.5. The van der Waals surface area contributed by atoms with Gasteiger partial charge in [0.1, 0.15) is 18.0 Å². The smallest absolute Gasteiger partial charge is 0.218 e. The van der Waals surface area contributed by atoms with E-state index in [1.54, 1.807) is 6.20 Å². The first-order valence-corrected chi connectivity index (χ1v) is 6.53. The highest BCUT2D eigenvalue weighted by molar-refractivity contribution is 5.46. The summed E-state index contributed by atoms with van der Waals surface area (Å²) < 4.78 is 5.68. The lowest BCUT2D eigenvalue weighted by Crippen LogP contribution is -2.11. The van der Waals surface area contributed by atoms with Crippen LogP contribution in [-0.2, 0) is 6.54 Å². The second-order valence-electron chi connectivity index (χ2n) is 4.53. The SMILES string of the molecule is CNc1cc(NCc2cccnc2OC(C)C)ncn1. The predicted octanol–water partition coefficient (Wildman–Crippen LogP) is 2.31. The Bertz CT molecular complexity index is 559. The minimum atomic E-state index is 0.0959. The third-order valence-electron chi connectivity index (χ3n) is 2.58. The molecule has 0 aliphatic heterocycles. The van der Waals surface area contributed by atoms with Gasteiger partial charge in [-0.3, -0.25) is 0 Å². The van der Waals surface area contributed by atoms with E-state index >= 15 is 0 Å². The molecule has 2 heterocycles. The zero-order valence-corrected chi connectivity index (χ0v) is 11.9. The summed E-state index contributed by atoms with van der Waals surface area (Å²) in [5.41, 5.74) is 0.991. The number of pyridine rings is 1. The van der Waals surface area contributed by atoms with Crippen LogP contribution < -0.4 is 15.4 Å². The molecular formula is C14H19N5O. The number of ether oxygens (including phenoxy) is 1. The molecule has 2 aromatic rings. The van der Waals surface area contributed by atoms with Crippen LogP contribution in [0.15, 0.2) is 30.7 Å². The molecule has 0 saturated carbocycles. The first kappa shape index (κ1) is 14.0. The second-order valence-corrected chi connectivity index (χ2v) is 4.53. The molecule has 0 aliphatic rings. The fraction of sp³-hybridized carbons (Fsp3) is 0.357. The summed E-state index contributed by atoms with van der Waals surface area (Å²) in [6.07, 6.45) is 3.34. The maximum Gasteiger partial charge on any atom is 0.218 e. The molecule has 0 amide bonds. The zero-order valence-electron chi connectivity index (χ0n) is 11.9. The highest BCUT2D eigenvalue weighted by Crippen LogP contribution is 2.17. The maximum atomic E-state index is 5.68. The van der Waals surface area contributed by atoms with E-state index in [4.69, 9.17) is 4.74 Å². The van der Waals surface area contributed by atoms with E-state index in [9.17, 15) is 0 Å². The summed E-state index contributed by atoms with van der Waals surface area (Å²) in [5.74, 6) is 2.17. The molecule has 0 aliphatic carbocycles. The molecule has 0 aromatic carbocycles. The number of aromatic nitrogens is 3. The van der Waals surface area contributed by atoms with Crippen LogP contribution in [0, 0.1) is 0 Å². The fourth-order valence-electron chi connectivity index (χ4n) is 1.66. The molecule has 0 saturated heterocycles. The Morgan fingerprint density at radius 2 is 2.00 bits per heavy atom. The Hall–Kier alpha value is -2.37. The third kappa shape index (κ3) is 3.81. The van der Waals surface area contributed by atoms with E-state index in [0.29, 0.717) is 12.4 Å². The standard InChI is InChI=1S/C14H19N5O/c1-10(2)20-14-11(5-4-6-16-14)8-17-13-7-12(15-3)18-9-19-13/h4-7,9-10H,8H2,1-3H3,(H2,15,17,18,19). The van der Waals surface area contributed by atoms with Gasteiger partial charge in [-0.15, -0.1) is 0 Å². The van der Waals surface area contributed by atoms with Gasteiger partial charge in [0.05, 0.1) is 6.10 Å². The van der Waals surface area contributed by atoms with Gasteiger partial charge in [-0.25, -0.2) is 15.0 Å². The third-order valence-corrected chi connectivity index (χ3v) is 2.58. The van der Waals surface area contributed by atoms with Gasteiger partial charge in [0, 0.05) is 31.4 Å². The van der Waals surface area contributed by atoms with Crippen molar-refractivity contribution in [2.75, 3.05) is 17.7 Å². The molecule has 2 rings (SSSR count). The topological polar surface area (TPSA) is 72.0 Å². The molecule has 2 aromatic heterocycles. The maximum absolute atomic E-state index is 5.68. The van der Waals surface area contributed by atoms with Crippen molar-refractivity contribution in [3.05, 3.63) is 36.3 Å². The van der Waals surface area contributed by atoms with Crippen molar-refractivity contribution in [1.82, 2.24) is 15.0 Å². The van der Waals surface area contributed by atoms with Crippen LogP contribution in [0.5, 0.6) is 5.88 Å². The molecule has 20 heavy (non-hydrogen) atoms. The summed E-state index contributed by atoms with van der Waals surface area (Å²) in [6, 6.07) is 5.72. The van der Waals surface area contributed by atoms with Crippen LogP contribution in [0.3, 0.4) is 0 Å². The van der Waals surface area contributed by atoms with E-state index in [0.717, 1.165) is 17.2 Å². The first-order chi connectivity index (χ1) is 9.69. The van der Waals surface area contributed by atoms with Gasteiger partial charge < -0.3 is 15.4 Å². The van der Waals surface area contributed by atoms with E-state index in [1.165, 1.54) is 6.33 Å². The molecule has 0 unspecified atom stereocenters. The van der Waals surface area contributed by atoms with Crippen LogP contribution in [0.2, 0.25) is 0 Å². The predicted molar refractivity (Wildman–Crippen MR) is 78.9 cm³/mol. The van der Waals surface area contributed by atoms with Gasteiger partial charge >= 0.3 is 0 Å². The van der Waals surface area contributed by atoms with Crippen molar-refractivity contribution >= 4 is 11.6 Å². The van der Waals surface area contributed by atoms with Crippen LogP contribution in [0.25, 0.3) is 0 Å². The number of hydrogen-bond donors (Lipinski definition) is 2. The van der Waals surface area contributed by atoms with E-state index in [1.807, 2.05) is 39.1 Å². The van der Waals surface area contributed by atoms with Gasteiger partial charge in [0.15, 0.2) is 0 Å². The minimum absolute atomic E-state index is 0.0959. The Morgan fingerprint density at radius 3 is 2.75 bits per heavy atom. The number of nitrogens with zero attached hydrogens (tertiary/aromatic N) is 3. The highest BCUT2D eigenvalue weighted by Gasteiger charge is 2.07. The van der Waals surface area contributed by atoms with Crippen molar-refractivity contribution in [1.29, 1.82) is 0 Å². The largest absolute Gasteiger partial charge is 0.475 e. The summed E-state index contributed by atoms with van der Waals surface area (Å²) in [7, 11) is 1.82. The molecule has 0 spiro atoms. The number of rotatable bonds is 6. The average molecular weight is 273 g/mol. The monoisotopic (exact) mass is 273 g/mol. The van der Waals surface area contributed by atoms with Gasteiger partial charge in [-0.1, -0.05) is 6.07 Å². The molecule has 106 valence electrons. The number of hydrogen-bond acceptors (Lipinski definition) is 6. The average Bonchev–Trinajstić information content (AvgIpc) is 2.46. The Kier molecular flexibility index (Phi) is 4.70. The Morgan fingerprint density at radius 1 is 1.20 bits per heavy atom. The number of nitrogens with one attached hydrogen (secondary N) is 2. The quantitative estimate of drug-likeness (QED) is 0.841. The molecule has 0 atom stereocenters. The molecule has 2 N–H and O–H groups in total. The fourth-order valence-corrected chi connectivity index (χ4v) is 1.66. The molecule has 6 nitrogen and oxygen atoms in total. The second kappa shape index (κ2) is 6.70. The van der Waals surface area contributed by atoms with Crippen molar-refractivity contribution in [3.8, 4) is 5.88 Å². The zero-order chi connectivity index (χ0) is 14.4. The minimum Gasteiger partial charge on any atom is -0.475 e. The summed E-state index contributed by atoms with van der Waals surface area (Å²) >= 11 is 0. The summed E-state index contributed by atoms with van der Waals surface area (Å²) in [6.45, 7) is 4.56. The van der Waals surface area contributed by atoms with Crippen molar-refractivity contribution in [2.24, 2.45) is 0 Å². The number of anilines is 2. The van der Waals surface area contributed by atoms with E-state index in [2.05, 4.69) is 25.6 Å². The molecule has 0 radical (unpaired) electrons. The van der Waals surface area contributed by atoms with Crippen molar-refractivity contribution in [2.45, 2.75) is 26.5 Å². The van der Waals surface area contributed by atoms with Crippen molar-refractivity contribution in [3.63, 3.8) is 0 Å². The van der Waals surface area contributed by atoms with Gasteiger partial charge in [-0.2, -0.15) is 0 Å². The van der Waals surface area contributed by atoms with Gasteiger partial charge in [-0.05, 0) is 19.9 Å². The molecule has 0 fully saturated rings. The van der Waals surface area contributed by atoms with Crippen LogP contribution in [0.4, 0.5) is 11.6 Å².